The summed E-state index contributed by atoms with van der Waals surface area (Å²) < 4.78 is 19.7. The van der Waals surface area contributed by atoms with E-state index in [1.165, 1.54) is 5.56 Å². The molecule has 0 atom stereocenters. The van der Waals surface area contributed by atoms with E-state index in [1.54, 1.807) is 7.11 Å². The number of aromatic nitrogens is 2. The van der Waals surface area contributed by atoms with Crippen molar-refractivity contribution in [3.05, 3.63) is 83.7 Å². The van der Waals surface area contributed by atoms with Crippen LogP contribution in [-0.4, -0.2) is 23.3 Å². The van der Waals surface area contributed by atoms with Crippen molar-refractivity contribution in [1.82, 2.24) is 9.55 Å². The Bertz CT molecular complexity index is 1150. The first kappa shape index (κ1) is 19.8. The summed E-state index contributed by atoms with van der Waals surface area (Å²) in [7, 11) is 1.65. The van der Waals surface area contributed by atoms with Crippen LogP contribution >= 0.6 is 0 Å². The number of methoxy groups -OCH3 is 1. The quantitative estimate of drug-likeness (QED) is 0.400. The van der Waals surface area contributed by atoms with Crippen molar-refractivity contribution < 1.29 is 14.2 Å². The van der Waals surface area contributed by atoms with Crippen LogP contribution in [0.1, 0.15) is 17.0 Å². The van der Waals surface area contributed by atoms with Gasteiger partial charge in [0.25, 0.3) is 0 Å². The molecular weight excluding hydrogens is 376 g/mol. The Morgan fingerprint density at radius 1 is 0.833 bits per heavy atom. The van der Waals surface area contributed by atoms with E-state index in [9.17, 15) is 0 Å². The molecule has 0 unspecified atom stereocenters. The summed E-state index contributed by atoms with van der Waals surface area (Å²) in [6, 6.07) is 22.0. The van der Waals surface area contributed by atoms with Gasteiger partial charge in [-0.2, -0.15) is 0 Å². The highest BCUT2D eigenvalue weighted by atomic mass is 16.5. The molecule has 0 aliphatic carbocycles. The molecule has 0 aliphatic rings. The van der Waals surface area contributed by atoms with Crippen molar-refractivity contribution in [3.8, 4) is 17.2 Å². The van der Waals surface area contributed by atoms with Crippen LogP contribution in [0.4, 0.5) is 0 Å². The van der Waals surface area contributed by atoms with Crippen molar-refractivity contribution in [2.45, 2.75) is 27.0 Å². The Balaban J connectivity index is 1.53. The van der Waals surface area contributed by atoms with Gasteiger partial charge in [0.15, 0.2) is 11.5 Å². The van der Waals surface area contributed by atoms with Crippen LogP contribution in [0.15, 0.2) is 66.7 Å². The highest BCUT2D eigenvalue weighted by Crippen LogP contribution is 2.26. The van der Waals surface area contributed by atoms with Crippen LogP contribution in [0, 0.1) is 13.8 Å². The zero-order chi connectivity index (χ0) is 20.9. The predicted octanol–water partition coefficient (Wildman–Crippen LogP) is 5.32. The Morgan fingerprint density at radius 2 is 1.60 bits per heavy atom. The molecule has 0 aliphatic heterocycles. The largest absolute Gasteiger partial charge is 0.493 e. The number of ether oxygens (including phenoxy) is 3. The maximum Gasteiger partial charge on any atom is 0.161 e. The smallest absolute Gasteiger partial charge is 0.161 e. The fraction of sp³-hybridized carbons (Fsp3) is 0.240. The zero-order valence-corrected chi connectivity index (χ0v) is 17.6. The van der Waals surface area contributed by atoms with E-state index < -0.39 is 0 Å². The summed E-state index contributed by atoms with van der Waals surface area (Å²) in [6.07, 6.45) is 0. The molecule has 3 aromatic carbocycles. The van der Waals surface area contributed by atoms with Crippen LogP contribution in [0.3, 0.4) is 0 Å². The Morgan fingerprint density at radius 3 is 2.43 bits per heavy atom. The third-order valence-electron chi connectivity index (χ3n) is 5.08. The van der Waals surface area contributed by atoms with Crippen molar-refractivity contribution in [3.63, 3.8) is 0 Å². The highest BCUT2D eigenvalue weighted by Gasteiger charge is 2.12. The lowest BCUT2D eigenvalue weighted by atomic mass is 10.1. The molecule has 0 saturated heterocycles. The molecule has 0 radical (unpaired) electrons. The van der Waals surface area contributed by atoms with Crippen molar-refractivity contribution >= 4 is 11.0 Å². The van der Waals surface area contributed by atoms with Crippen molar-refractivity contribution in [1.29, 1.82) is 0 Å². The summed E-state index contributed by atoms with van der Waals surface area (Å²) in [4.78, 5) is 4.80. The van der Waals surface area contributed by atoms with Crippen LogP contribution in [0.5, 0.6) is 17.2 Å². The van der Waals surface area contributed by atoms with Gasteiger partial charge in [0.1, 0.15) is 24.8 Å². The molecule has 0 amide bonds. The zero-order valence-electron chi connectivity index (χ0n) is 17.6. The Hall–Kier alpha value is -3.47. The predicted molar refractivity (Wildman–Crippen MR) is 118 cm³/mol. The molecule has 5 heteroatoms. The maximum absolute atomic E-state index is 6.13. The third-order valence-corrected chi connectivity index (χ3v) is 5.08. The lowest BCUT2D eigenvalue weighted by Crippen LogP contribution is -2.13. The lowest BCUT2D eigenvalue weighted by Gasteiger charge is -2.14. The van der Waals surface area contributed by atoms with Gasteiger partial charge >= 0.3 is 0 Å². The van der Waals surface area contributed by atoms with Crippen molar-refractivity contribution in [2.75, 3.05) is 13.7 Å². The van der Waals surface area contributed by atoms with E-state index in [2.05, 4.69) is 42.7 Å². The molecule has 0 fully saturated rings. The minimum Gasteiger partial charge on any atom is -0.493 e. The molecule has 0 spiro atoms. The minimum absolute atomic E-state index is 0.396. The van der Waals surface area contributed by atoms with Gasteiger partial charge in [-0.15, -0.1) is 0 Å². The molecule has 1 aromatic heterocycles. The molecule has 4 aromatic rings. The van der Waals surface area contributed by atoms with Crippen LogP contribution in [0.2, 0.25) is 0 Å². The SMILES string of the molecule is COc1ccccc1OCCn1c(COc2cc(C)ccc2C)nc2ccccc21. The first-order chi connectivity index (χ1) is 14.7. The molecule has 1 heterocycles. The average Bonchev–Trinajstić information content (AvgIpc) is 3.12. The summed E-state index contributed by atoms with van der Waals surface area (Å²) in [5.41, 5.74) is 4.31. The van der Waals surface area contributed by atoms with E-state index in [4.69, 9.17) is 19.2 Å². The molecule has 0 bridgehead atoms. The number of imidazole rings is 1. The maximum atomic E-state index is 6.13. The molecule has 0 saturated carbocycles. The summed E-state index contributed by atoms with van der Waals surface area (Å²) in [5.74, 6) is 3.23. The molecular formula is C25H26N2O3. The van der Waals surface area contributed by atoms with Crippen LogP contribution in [-0.2, 0) is 13.2 Å². The van der Waals surface area contributed by atoms with E-state index in [1.807, 2.05) is 42.5 Å². The molecule has 0 N–H and O–H groups in total. The van der Waals surface area contributed by atoms with Crippen LogP contribution < -0.4 is 14.2 Å². The first-order valence-electron chi connectivity index (χ1n) is 10.1. The molecule has 30 heavy (non-hydrogen) atoms. The fourth-order valence-corrected chi connectivity index (χ4v) is 3.48. The number of fused-ring (bicyclic) bond motifs is 1. The van der Waals surface area contributed by atoms with E-state index in [0.717, 1.165) is 39.7 Å². The Kier molecular flexibility index (Phi) is 5.89. The van der Waals surface area contributed by atoms with Gasteiger partial charge in [-0.1, -0.05) is 36.4 Å². The lowest BCUT2D eigenvalue weighted by molar-refractivity contribution is 0.264. The monoisotopic (exact) mass is 402 g/mol. The number of hydrogen-bond acceptors (Lipinski definition) is 4. The third kappa shape index (κ3) is 4.25. The van der Waals surface area contributed by atoms with Gasteiger partial charge in [0, 0.05) is 0 Å². The normalized spacial score (nSPS) is 10.9. The highest BCUT2D eigenvalue weighted by molar-refractivity contribution is 5.75. The van der Waals surface area contributed by atoms with Gasteiger partial charge in [0.05, 0.1) is 24.7 Å². The van der Waals surface area contributed by atoms with E-state index >= 15 is 0 Å². The second kappa shape index (κ2) is 8.91. The summed E-state index contributed by atoms with van der Waals surface area (Å²) in [5, 5.41) is 0. The fourth-order valence-electron chi connectivity index (χ4n) is 3.48. The molecule has 5 nitrogen and oxygen atoms in total. The number of nitrogens with zero attached hydrogens (tertiary/aromatic N) is 2. The van der Waals surface area contributed by atoms with Gasteiger partial charge < -0.3 is 18.8 Å². The van der Waals surface area contributed by atoms with Gasteiger partial charge in [-0.3, -0.25) is 0 Å². The average molecular weight is 402 g/mol. The summed E-state index contributed by atoms with van der Waals surface area (Å²) >= 11 is 0. The second-order valence-electron chi connectivity index (χ2n) is 7.23. The number of para-hydroxylation sites is 4. The van der Waals surface area contributed by atoms with Gasteiger partial charge in [-0.25, -0.2) is 4.98 Å². The minimum atomic E-state index is 0.396. The van der Waals surface area contributed by atoms with Crippen LogP contribution in [0.25, 0.3) is 11.0 Å². The van der Waals surface area contributed by atoms with Crippen molar-refractivity contribution in [2.24, 2.45) is 0 Å². The Labute approximate surface area is 176 Å². The number of hydrogen-bond donors (Lipinski definition) is 0. The topological polar surface area (TPSA) is 45.5 Å². The molecule has 4 rings (SSSR count). The second-order valence-corrected chi connectivity index (χ2v) is 7.23. The van der Waals surface area contributed by atoms with E-state index in [0.29, 0.717) is 19.8 Å². The van der Waals surface area contributed by atoms with Gasteiger partial charge in [-0.05, 0) is 55.3 Å². The number of aryl methyl sites for hydroxylation is 2. The number of benzene rings is 3. The molecule has 154 valence electrons. The summed E-state index contributed by atoms with van der Waals surface area (Å²) in [6.45, 7) is 5.67. The van der Waals surface area contributed by atoms with Gasteiger partial charge in [0.2, 0.25) is 0 Å². The number of rotatable bonds is 8. The first-order valence-corrected chi connectivity index (χ1v) is 10.1. The standard InChI is InChI=1S/C25H26N2O3/c1-18-12-13-19(2)24(16-18)30-17-25-26-20-8-4-5-9-21(20)27(25)14-15-29-23-11-7-6-10-22(23)28-3/h4-13,16H,14-15,17H2,1-3H3. The van der Waals surface area contributed by atoms with E-state index in [-0.39, 0.29) is 0 Å².